The zero-order chi connectivity index (χ0) is 13.1. The van der Waals surface area contributed by atoms with Crippen LogP contribution >= 0.6 is 0 Å². The van der Waals surface area contributed by atoms with Gasteiger partial charge in [-0.1, -0.05) is 72.7 Å². The third-order valence-electron chi connectivity index (χ3n) is 6.18. The fourth-order valence-corrected chi connectivity index (χ4v) is 3.84. The Bertz CT molecular complexity index is 437. The Balaban J connectivity index is 2.79. The second kappa shape index (κ2) is 3.37. The second-order valence-corrected chi connectivity index (χ2v) is 7.15. The van der Waals surface area contributed by atoms with Gasteiger partial charge in [0.1, 0.15) is 0 Å². The van der Waals surface area contributed by atoms with Gasteiger partial charge in [0, 0.05) is 5.41 Å². The number of rotatable bonds is 1. The molecule has 0 heterocycles. The van der Waals surface area contributed by atoms with Crippen LogP contribution in [0.2, 0.25) is 0 Å². The van der Waals surface area contributed by atoms with Crippen LogP contribution in [0.15, 0.2) is 24.3 Å². The fourth-order valence-electron chi connectivity index (χ4n) is 3.84. The normalized spacial score (nSPS) is 29.4. The molecule has 0 fully saturated rings. The summed E-state index contributed by atoms with van der Waals surface area (Å²) in [5.74, 6) is 0.653. The lowest BCUT2D eigenvalue weighted by molar-refractivity contribution is 0.0741. The molecule has 1 aliphatic carbocycles. The molecule has 1 atom stereocenters. The summed E-state index contributed by atoms with van der Waals surface area (Å²) in [6.45, 7) is 16.9. The Kier molecular flexibility index (Phi) is 2.51. The van der Waals surface area contributed by atoms with Crippen molar-refractivity contribution in [3.63, 3.8) is 0 Å². The van der Waals surface area contributed by atoms with E-state index in [0.717, 1.165) is 0 Å². The first kappa shape index (κ1) is 12.7. The maximum atomic E-state index is 2.45. The van der Waals surface area contributed by atoms with Crippen molar-refractivity contribution in [1.82, 2.24) is 0 Å². The molecule has 0 spiro atoms. The van der Waals surface area contributed by atoms with Gasteiger partial charge in [0.2, 0.25) is 0 Å². The van der Waals surface area contributed by atoms with Gasteiger partial charge in [-0.15, -0.1) is 0 Å². The van der Waals surface area contributed by atoms with Crippen LogP contribution in [0, 0.1) is 11.3 Å². The van der Waals surface area contributed by atoms with Gasteiger partial charge in [-0.3, -0.25) is 0 Å². The second-order valence-electron chi connectivity index (χ2n) is 7.15. The van der Waals surface area contributed by atoms with Crippen LogP contribution in [0.3, 0.4) is 0 Å². The maximum Gasteiger partial charge on any atom is 0.00100 e. The van der Waals surface area contributed by atoms with Crippen molar-refractivity contribution in [3.05, 3.63) is 35.4 Å². The maximum absolute atomic E-state index is 2.45. The molecule has 94 valence electrons. The molecule has 0 aromatic heterocycles. The highest BCUT2D eigenvalue weighted by Crippen LogP contribution is 2.63. The Morgan fingerprint density at radius 2 is 1.29 bits per heavy atom. The average Bonchev–Trinajstić information content (AvgIpc) is 2.37. The average molecular weight is 230 g/mol. The summed E-state index contributed by atoms with van der Waals surface area (Å²) in [5, 5.41) is 0. The molecule has 0 aliphatic heterocycles. The van der Waals surface area contributed by atoms with Crippen LogP contribution < -0.4 is 0 Å². The van der Waals surface area contributed by atoms with E-state index >= 15 is 0 Å². The summed E-state index contributed by atoms with van der Waals surface area (Å²) >= 11 is 0. The Labute approximate surface area is 106 Å². The van der Waals surface area contributed by atoms with Crippen LogP contribution in [0.4, 0.5) is 0 Å². The zero-order valence-electron chi connectivity index (χ0n) is 12.4. The molecule has 0 amide bonds. The van der Waals surface area contributed by atoms with Gasteiger partial charge in [0.25, 0.3) is 0 Å². The van der Waals surface area contributed by atoms with Crippen molar-refractivity contribution in [2.45, 2.75) is 59.3 Å². The number of fused-ring (bicyclic) bond motifs is 1. The van der Waals surface area contributed by atoms with Crippen molar-refractivity contribution in [1.29, 1.82) is 0 Å². The smallest absolute Gasteiger partial charge is 0.00100 e. The van der Waals surface area contributed by atoms with Gasteiger partial charge in [0.15, 0.2) is 0 Å². The molecule has 1 aromatic rings. The zero-order valence-corrected chi connectivity index (χ0v) is 12.4. The molecule has 0 heteroatoms. The summed E-state index contributed by atoms with van der Waals surface area (Å²) in [4.78, 5) is 0. The van der Waals surface area contributed by atoms with Gasteiger partial charge in [-0.2, -0.15) is 0 Å². The van der Waals surface area contributed by atoms with Gasteiger partial charge < -0.3 is 0 Å². The number of benzene rings is 1. The summed E-state index contributed by atoms with van der Waals surface area (Å²) in [6, 6.07) is 9.04. The van der Waals surface area contributed by atoms with Crippen LogP contribution in [0.1, 0.15) is 59.6 Å². The lowest BCUT2D eigenvalue weighted by Gasteiger charge is -2.49. The van der Waals surface area contributed by atoms with Crippen molar-refractivity contribution in [2.24, 2.45) is 11.3 Å². The molecule has 17 heavy (non-hydrogen) atoms. The highest BCUT2D eigenvalue weighted by atomic mass is 14.6. The molecule has 0 saturated carbocycles. The predicted octanol–water partition coefficient (Wildman–Crippen LogP) is 4.92. The number of hydrogen-bond donors (Lipinski definition) is 0. The standard InChI is InChI=1S/C17H26/c1-12(2)17(7)14-11-9-8-10-13(14)15(3,4)16(17,5)6/h8-12H,1-7H3. The molecule has 1 aliphatic rings. The summed E-state index contributed by atoms with van der Waals surface area (Å²) in [7, 11) is 0. The highest BCUT2D eigenvalue weighted by Gasteiger charge is 2.59. The lowest BCUT2D eigenvalue weighted by Crippen LogP contribution is -2.47. The minimum absolute atomic E-state index is 0.239. The molecule has 1 aromatic carbocycles. The number of hydrogen-bond acceptors (Lipinski definition) is 0. The van der Waals surface area contributed by atoms with Crippen LogP contribution in [-0.2, 0) is 10.8 Å². The molecule has 0 N–H and O–H groups in total. The van der Waals surface area contributed by atoms with E-state index in [9.17, 15) is 0 Å². The SMILES string of the molecule is CC(C)C1(C)c2ccccc2C(C)(C)C1(C)C. The van der Waals surface area contributed by atoms with Crippen molar-refractivity contribution in [2.75, 3.05) is 0 Å². The summed E-state index contributed by atoms with van der Waals surface area (Å²) in [5.41, 5.74) is 3.87. The first-order valence-electron chi connectivity index (χ1n) is 6.77. The van der Waals surface area contributed by atoms with Gasteiger partial charge >= 0.3 is 0 Å². The van der Waals surface area contributed by atoms with Crippen molar-refractivity contribution < 1.29 is 0 Å². The van der Waals surface area contributed by atoms with E-state index in [2.05, 4.69) is 72.7 Å². The van der Waals surface area contributed by atoms with Gasteiger partial charge in [0.05, 0.1) is 0 Å². The Hall–Kier alpha value is -0.780. The van der Waals surface area contributed by atoms with E-state index in [4.69, 9.17) is 0 Å². The molecular formula is C17H26. The van der Waals surface area contributed by atoms with Gasteiger partial charge in [-0.25, -0.2) is 0 Å². The Morgan fingerprint density at radius 1 is 0.824 bits per heavy atom. The minimum Gasteiger partial charge on any atom is -0.0620 e. The third-order valence-corrected chi connectivity index (χ3v) is 6.18. The molecule has 0 bridgehead atoms. The van der Waals surface area contributed by atoms with Crippen LogP contribution in [0.5, 0.6) is 0 Å². The monoisotopic (exact) mass is 230 g/mol. The molecular weight excluding hydrogens is 204 g/mol. The molecule has 0 radical (unpaired) electrons. The van der Waals surface area contributed by atoms with Crippen molar-refractivity contribution in [3.8, 4) is 0 Å². The predicted molar refractivity (Wildman–Crippen MR) is 75.4 cm³/mol. The van der Waals surface area contributed by atoms with E-state index in [1.54, 1.807) is 11.1 Å². The Morgan fingerprint density at radius 3 is 1.76 bits per heavy atom. The molecule has 2 rings (SSSR count). The van der Waals surface area contributed by atoms with Crippen LogP contribution in [0.25, 0.3) is 0 Å². The van der Waals surface area contributed by atoms with E-state index in [-0.39, 0.29) is 16.2 Å². The minimum atomic E-state index is 0.239. The van der Waals surface area contributed by atoms with E-state index in [1.807, 2.05) is 0 Å². The third kappa shape index (κ3) is 1.25. The molecule has 1 unspecified atom stereocenters. The van der Waals surface area contributed by atoms with Gasteiger partial charge in [-0.05, 0) is 27.9 Å². The van der Waals surface area contributed by atoms with Crippen LogP contribution in [-0.4, -0.2) is 0 Å². The molecule has 0 nitrogen and oxygen atoms in total. The topological polar surface area (TPSA) is 0 Å². The van der Waals surface area contributed by atoms with Crippen molar-refractivity contribution >= 4 is 0 Å². The van der Waals surface area contributed by atoms with E-state index < -0.39 is 0 Å². The first-order valence-corrected chi connectivity index (χ1v) is 6.77. The van der Waals surface area contributed by atoms with E-state index in [0.29, 0.717) is 5.92 Å². The largest absolute Gasteiger partial charge is 0.0620 e. The summed E-state index contributed by atoms with van der Waals surface area (Å²) < 4.78 is 0. The van der Waals surface area contributed by atoms with E-state index in [1.165, 1.54) is 0 Å². The summed E-state index contributed by atoms with van der Waals surface area (Å²) in [6.07, 6.45) is 0. The first-order chi connectivity index (χ1) is 7.67. The fraction of sp³-hybridized carbons (Fsp3) is 0.647. The molecule has 0 saturated heterocycles. The highest BCUT2D eigenvalue weighted by molar-refractivity contribution is 5.49. The quantitative estimate of drug-likeness (QED) is 0.642. The lowest BCUT2D eigenvalue weighted by atomic mass is 9.55.